The van der Waals surface area contributed by atoms with Gasteiger partial charge in [-0.1, -0.05) is 18.2 Å². The molecule has 5 rings (SSSR count). The van der Waals surface area contributed by atoms with E-state index in [0.29, 0.717) is 6.54 Å². The molecule has 182 valence electrons. The number of amides is 1. The number of carbonyl (C=O) groups is 1. The smallest absolute Gasteiger partial charge is 0.236 e. The zero-order valence-electron chi connectivity index (χ0n) is 20.5. The van der Waals surface area contributed by atoms with Crippen molar-refractivity contribution in [3.05, 3.63) is 83.4 Å². The summed E-state index contributed by atoms with van der Waals surface area (Å²) in [5.74, 6) is -0.0411. The fraction of sp³-hybridized carbons (Fsp3) is 0.357. The Hall–Kier alpha value is -3.45. The molecule has 0 spiro atoms. The number of benzene rings is 2. The van der Waals surface area contributed by atoms with Gasteiger partial charge in [0.2, 0.25) is 5.91 Å². The highest BCUT2D eigenvalue weighted by Crippen LogP contribution is 2.25. The normalized spacial score (nSPS) is 16.9. The quantitative estimate of drug-likeness (QED) is 0.561. The average Bonchev–Trinajstić information content (AvgIpc) is 3.37. The van der Waals surface area contributed by atoms with Crippen molar-refractivity contribution in [3.63, 3.8) is 0 Å². The van der Waals surface area contributed by atoms with Gasteiger partial charge >= 0.3 is 0 Å². The van der Waals surface area contributed by atoms with Crippen LogP contribution >= 0.6 is 0 Å². The van der Waals surface area contributed by atoms with E-state index in [1.807, 2.05) is 17.3 Å². The number of aromatic nitrogens is 2. The van der Waals surface area contributed by atoms with Gasteiger partial charge in [-0.3, -0.25) is 9.69 Å². The molecule has 0 saturated carbocycles. The molecule has 6 nitrogen and oxygen atoms in total. The van der Waals surface area contributed by atoms with Crippen molar-refractivity contribution in [2.45, 2.75) is 20.3 Å². The summed E-state index contributed by atoms with van der Waals surface area (Å²) in [6.45, 7) is 9.67. The molecule has 1 saturated heterocycles. The van der Waals surface area contributed by atoms with Crippen LogP contribution in [0, 0.1) is 19.7 Å². The number of hydrogen-bond donors (Lipinski definition) is 0. The second kappa shape index (κ2) is 10.0. The van der Waals surface area contributed by atoms with Crippen molar-refractivity contribution in [2.75, 3.05) is 50.7 Å². The van der Waals surface area contributed by atoms with Gasteiger partial charge in [0.05, 0.1) is 18.4 Å². The highest BCUT2D eigenvalue weighted by molar-refractivity contribution is 5.79. The van der Waals surface area contributed by atoms with E-state index in [9.17, 15) is 9.18 Å². The predicted octanol–water partition coefficient (Wildman–Crippen LogP) is 4.07. The molecule has 0 bridgehead atoms. The number of piperazine rings is 1. The van der Waals surface area contributed by atoms with Crippen LogP contribution in [0.5, 0.6) is 0 Å². The van der Waals surface area contributed by atoms with E-state index in [2.05, 4.69) is 53.0 Å². The highest BCUT2D eigenvalue weighted by atomic mass is 19.1. The van der Waals surface area contributed by atoms with Gasteiger partial charge < -0.3 is 9.80 Å². The Labute approximate surface area is 206 Å². The van der Waals surface area contributed by atoms with Crippen LogP contribution in [0.4, 0.5) is 10.1 Å². The number of hydrogen-bond acceptors (Lipinski definition) is 4. The standard InChI is InChI=1S/C28H32FN5O/c1-21-4-3-5-27(22(21)2)32-14-16-33(17-15-32)28(35)20-31-12-10-23(11-13-31)24-18-30-34(19-24)26-8-6-25(29)7-9-26/h3-10,18-19H,11-17,20H2,1-2H3. The van der Waals surface area contributed by atoms with Crippen LogP contribution in [-0.2, 0) is 4.79 Å². The van der Waals surface area contributed by atoms with Crippen LogP contribution in [0.15, 0.2) is 60.9 Å². The van der Waals surface area contributed by atoms with Crippen LogP contribution in [0.25, 0.3) is 11.3 Å². The Morgan fingerprint density at radius 1 is 1.00 bits per heavy atom. The average molecular weight is 474 g/mol. The van der Waals surface area contributed by atoms with E-state index in [4.69, 9.17) is 0 Å². The first-order valence-electron chi connectivity index (χ1n) is 12.3. The van der Waals surface area contributed by atoms with Gasteiger partial charge in [0.15, 0.2) is 0 Å². The Bertz CT molecular complexity index is 1220. The molecule has 2 aromatic carbocycles. The van der Waals surface area contributed by atoms with E-state index >= 15 is 0 Å². The third kappa shape index (κ3) is 5.15. The summed E-state index contributed by atoms with van der Waals surface area (Å²) in [4.78, 5) is 19.6. The molecule has 3 aromatic rings. The van der Waals surface area contributed by atoms with Crippen molar-refractivity contribution in [1.29, 1.82) is 0 Å². The van der Waals surface area contributed by atoms with Gasteiger partial charge in [-0.25, -0.2) is 9.07 Å². The first kappa shape index (κ1) is 23.3. The first-order valence-corrected chi connectivity index (χ1v) is 12.3. The predicted molar refractivity (Wildman–Crippen MR) is 137 cm³/mol. The fourth-order valence-corrected chi connectivity index (χ4v) is 4.91. The molecule has 0 aliphatic carbocycles. The summed E-state index contributed by atoms with van der Waals surface area (Å²) in [5.41, 5.74) is 7.06. The molecule has 3 heterocycles. The lowest BCUT2D eigenvalue weighted by molar-refractivity contribution is -0.132. The zero-order chi connectivity index (χ0) is 24.4. The topological polar surface area (TPSA) is 44.6 Å². The number of anilines is 1. The minimum atomic E-state index is -0.256. The minimum Gasteiger partial charge on any atom is -0.368 e. The number of rotatable bonds is 5. The lowest BCUT2D eigenvalue weighted by atomic mass is 10.0. The maximum Gasteiger partial charge on any atom is 0.236 e. The molecule has 0 unspecified atom stereocenters. The summed E-state index contributed by atoms with van der Waals surface area (Å²) < 4.78 is 15.0. The Morgan fingerprint density at radius 3 is 2.49 bits per heavy atom. The van der Waals surface area contributed by atoms with E-state index in [-0.39, 0.29) is 11.7 Å². The Balaban J connectivity index is 1.13. The van der Waals surface area contributed by atoms with Gasteiger partial charge in [-0.15, -0.1) is 0 Å². The molecule has 2 aliphatic rings. The van der Waals surface area contributed by atoms with Crippen LogP contribution in [-0.4, -0.2) is 71.3 Å². The van der Waals surface area contributed by atoms with Crippen LogP contribution in [0.3, 0.4) is 0 Å². The molecular weight excluding hydrogens is 441 g/mol. The SMILES string of the molecule is Cc1cccc(N2CCN(C(=O)CN3CC=C(c4cnn(-c5ccc(F)cc5)c4)CC3)CC2)c1C. The molecule has 35 heavy (non-hydrogen) atoms. The maximum absolute atomic E-state index is 13.2. The zero-order valence-corrected chi connectivity index (χ0v) is 20.5. The van der Waals surface area contributed by atoms with Crippen molar-refractivity contribution >= 4 is 17.2 Å². The van der Waals surface area contributed by atoms with Crippen LogP contribution < -0.4 is 4.90 Å². The fourth-order valence-electron chi connectivity index (χ4n) is 4.91. The van der Waals surface area contributed by atoms with Gasteiger partial charge in [0, 0.05) is 56.7 Å². The van der Waals surface area contributed by atoms with Crippen molar-refractivity contribution in [1.82, 2.24) is 19.6 Å². The van der Waals surface area contributed by atoms with Gasteiger partial charge in [-0.2, -0.15) is 5.10 Å². The molecule has 0 N–H and O–H groups in total. The summed E-state index contributed by atoms with van der Waals surface area (Å²) in [6, 6.07) is 12.8. The number of aryl methyl sites for hydroxylation is 1. The third-order valence-corrected chi connectivity index (χ3v) is 7.25. The maximum atomic E-state index is 13.2. The molecule has 7 heteroatoms. The molecule has 1 aromatic heterocycles. The van der Waals surface area contributed by atoms with E-state index in [0.717, 1.165) is 56.9 Å². The molecule has 1 fully saturated rings. The van der Waals surface area contributed by atoms with E-state index in [1.165, 1.54) is 34.5 Å². The summed E-state index contributed by atoms with van der Waals surface area (Å²) in [5, 5.41) is 4.43. The first-order chi connectivity index (χ1) is 17.0. The van der Waals surface area contributed by atoms with Crippen molar-refractivity contribution in [2.24, 2.45) is 0 Å². The van der Waals surface area contributed by atoms with E-state index < -0.39 is 0 Å². The minimum absolute atomic E-state index is 0.214. The van der Waals surface area contributed by atoms with Crippen molar-refractivity contribution < 1.29 is 9.18 Å². The molecule has 1 amide bonds. The molecule has 0 atom stereocenters. The molecular formula is C28H32FN5O. The third-order valence-electron chi connectivity index (χ3n) is 7.25. The van der Waals surface area contributed by atoms with Gasteiger partial charge in [-0.05, 0) is 67.3 Å². The van der Waals surface area contributed by atoms with Gasteiger partial charge in [0.1, 0.15) is 5.82 Å². The largest absolute Gasteiger partial charge is 0.368 e. The van der Waals surface area contributed by atoms with Crippen molar-refractivity contribution in [3.8, 4) is 5.69 Å². The van der Waals surface area contributed by atoms with Crippen LogP contribution in [0.2, 0.25) is 0 Å². The van der Waals surface area contributed by atoms with Crippen LogP contribution in [0.1, 0.15) is 23.1 Å². The lowest BCUT2D eigenvalue weighted by Crippen LogP contribution is -2.51. The monoisotopic (exact) mass is 473 g/mol. The Morgan fingerprint density at radius 2 is 1.77 bits per heavy atom. The summed E-state index contributed by atoms with van der Waals surface area (Å²) >= 11 is 0. The second-order valence-electron chi connectivity index (χ2n) is 9.45. The lowest BCUT2D eigenvalue weighted by Gasteiger charge is -2.38. The summed E-state index contributed by atoms with van der Waals surface area (Å²) in [7, 11) is 0. The number of halogens is 1. The van der Waals surface area contributed by atoms with E-state index in [1.54, 1.807) is 16.8 Å². The molecule has 0 radical (unpaired) electrons. The highest BCUT2D eigenvalue weighted by Gasteiger charge is 2.24. The second-order valence-corrected chi connectivity index (χ2v) is 9.45. The summed E-state index contributed by atoms with van der Waals surface area (Å²) in [6.07, 6.45) is 6.91. The van der Waals surface area contributed by atoms with Gasteiger partial charge in [0.25, 0.3) is 0 Å². The number of carbonyl (C=O) groups excluding carboxylic acids is 1. The number of nitrogens with zero attached hydrogens (tertiary/aromatic N) is 5. The Kier molecular flexibility index (Phi) is 6.68. The molecule has 2 aliphatic heterocycles.